The van der Waals surface area contributed by atoms with E-state index in [2.05, 4.69) is 25.4 Å². The quantitative estimate of drug-likeness (QED) is 0.477. The summed E-state index contributed by atoms with van der Waals surface area (Å²) in [6.07, 6.45) is 7.37. The molecule has 0 bridgehead atoms. The van der Waals surface area contributed by atoms with Gasteiger partial charge in [0.25, 0.3) is 0 Å². The van der Waals surface area contributed by atoms with Gasteiger partial charge in [-0.25, -0.2) is 0 Å². The Kier molecular flexibility index (Phi) is 6.20. The zero-order valence-corrected chi connectivity index (χ0v) is 8.12. The number of halogens is 1. The van der Waals surface area contributed by atoms with E-state index in [1.807, 2.05) is 0 Å². The molecule has 0 aliphatic heterocycles. The first-order valence-corrected chi connectivity index (χ1v) is 4.92. The van der Waals surface area contributed by atoms with Crippen molar-refractivity contribution in [2.75, 3.05) is 6.38 Å². The molecule has 1 rings (SSSR count). The van der Waals surface area contributed by atoms with E-state index in [1.54, 1.807) is 0 Å². The van der Waals surface area contributed by atoms with Crippen molar-refractivity contribution in [1.82, 2.24) is 0 Å². The zero-order valence-electron chi connectivity index (χ0n) is 7.36. The molecule has 62 valence electrons. The average Bonchev–Trinajstić information content (AvgIpc) is 1.91. The highest BCUT2D eigenvalue weighted by atomic mass is 35.5. The maximum Gasteiger partial charge on any atom is 0.0108 e. The van der Waals surface area contributed by atoms with Crippen LogP contribution < -0.4 is 0 Å². The molecular weight excluding hydrogens is 144 g/mol. The summed E-state index contributed by atoms with van der Waals surface area (Å²) in [4.78, 5) is 0. The summed E-state index contributed by atoms with van der Waals surface area (Å²) in [6, 6.07) is 0. The monoisotopic (exact) mass is 162 g/mol. The predicted molar refractivity (Wildman–Crippen MR) is 48.6 cm³/mol. The summed E-state index contributed by atoms with van der Waals surface area (Å²) < 4.78 is 0. The lowest BCUT2D eigenvalue weighted by atomic mass is 9.84. The zero-order chi connectivity index (χ0) is 7.98. The molecular formula is C9H19Cl. The van der Waals surface area contributed by atoms with Crippen molar-refractivity contribution < 1.29 is 0 Å². The number of hydrogen-bond acceptors (Lipinski definition) is 0. The van der Waals surface area contributed by atoms with Crippen molar-refractivity contribution in [3.8, 4) is 0 Å². The summed E-state index contributed by atoms with van der Waals surface area (Å²) in [5, 5.41) is 0. The van der Waals surface area contributed by atoms with E-state index in [0.29, 0.717) is 0 Å². The third-order valence-electron chi connectivity index (χ3n) is 2.20. The minimum absolute atomic E-state index is 1.01. The van der Waals surface area contributed by atoms with Gasteiger partial charge in [-0.1, -0.05) is 33.1 Å². The first kappa shape index (κ1) is 10.3. The number of hydrogen-bond donors (Lipinski definition) is 0. The number of alkyl halides is 1. The van der Waals surface area contributed by atoms with Gasteiger partial charge in [-0.05, 0) is 18.3 Å². The molecule has 0 N–H and O–H groups in total. The van der Waals surface area contributed by atoms with Gasteiger partial charge in [0.1, 0.15) is 0 Å². The Balaban J connectivity index is 0.000000371. The highest BCUT2D eigenvalue weighted by Crippen LogP contribution is 2.27. The van der Waals surface area contributed by atoms with Crippen LogP contribution in [0.4, 0.5) is 0 Å². The fraction of sp³-hybridized carbons (Fsp3) is 1.00. The second kappa shape index (κ2) is 6.03. The normalized spacial score (nSPS) is 32.4. The van der Waals surface area contributed by atoms with Crippen LogP contribution in [0.5, 0.6) is 0 Å². The first-order valence-electron chi connectivity index (χ1n) is 4.17. The highest BCUT2D eigenvalue weighted by molar-refractivity contribution is 6.15. The molecule has 0 saturated heterocycles. The molecule has 0 heterocycles. The molecule has 10 heavy (non-hydrogen) atoms. The third-order valence-corrected chi connectivity index (χ3v) is 2.20. The summed E-state index contributed by atoms with van der Waals surface area (Å²) >= 11 is 4.64. The Labute approximate surface area is 70.0 Å². The van der Waals surface area contributed by atoms with Crippen LogP contribution in [0.1, 0.15) is 39.5 Å². The first-order chi connectivity index (χ1) is 4.79. The topological polar surface area (TPSA) is 0 Å². The number of rotatable bonds is 0. The van der Waals surface area contributed by atoms with Gasteiger partial charge in [-0.3, -0.25) is 0 Å². The predicted octanol–water partition coefficient (Wildman–Crippen LogP) is 3.69. The molecule has 1 heteroatoms. The molecule has 1 aliphatic carbocycles. The van der Waals surface area contributed by atoms with Crippen molar-refractivity contribution in [3.63, 3.8) is 0 Å². The Morgan fingerprint density at radius 2 is 1.40 bits per heavy atom. The standard InChI is InChI=1S/C8H16.CH3Cl/c1-7-4-3-5-8(2)6-7;1-2/h7-8H,3-6H2,1-2H3;1H3. The summed E-state index contributed by atoms with van der Waals surface area (Å²) in [7, 11) is 0. The van der Waals surface area contributed by atoms with E-state index in [-0.39, 0.29) is 0 Å². The second-order valence-electron chi connectivity index (χ2n) is 3.38. The van der Waals surface area contributed by atoms with E-state index < -0.39 is 0 Å². The summed E-state index contributed by atoms with van der Waals surface area (Å²) in [5.41, 5.74) is 0. The van der Waals surface area contributed by atoms with Crippen molar-refractivity contribution in [2.24, 2.45) is 11.8 Å². The molecule has 2 unspecified atom stereocenters. The molecule has 0 aromatic heterocycles. The maximum atomic E-state index is 4.64. The lowest BCUT2D eigenvalue weighted by Crippen LogP contribution is -2.09. The maximum absolute atomic E-state index is 4.64. The van der Waals surface area contributed by atoms with Gasteiger partial charge in [0.05, 0.1) is 0 Å². The molecule has 0 aromatic carbocycles. The van der Waals surface area contributed by atoms with Gasteiger partial charge >= 0.3 is 0 Å². The van der Waals surface area contributed by atoms with Gasteiger partial charge < -0.3 is 0 Å². The van der Waals surface area contributed by atoms with E-state index in [1.165, 1.54) is 32.1 Å². The molecule has 1 aliphatic rings. The van der Waals surface area contributed by atoms with Crippen molar-refractivity contribution in [3.05, 3.63) is 0 Å². The Morgan fingerprint density at radius 3 is 1.60 bits per heavy atom. The molecule has 1 saturated carbocycles. The van der Waals surface area contributed by atoms with Crippen molar-refractivity contribution >= 4 is 11.6 Å². The average molecular weight is 163 g/mol. The van der Waals surface area contributed by atoms with Crippen LogP contribution in [0.3, 0.4) is 0 Å². The Bertz CT molecular complexity index is 63.1. The van der Waals surface area contributed by atoms with Crippen LogP contribution in [0.2, 0.25) is 0 Å². The summed E-state index contributed by atoms with van der Waals surface area (Å²) in [6.45, 7) is 4.74. The largest absolute Gasteiger partial charge is 0.130 e. The second-order valence-corrected chi connectivity index (χ2v) is 3.38. The lowest BCUT2D eigenvalue weighted by molar-refractivity contribution is 0.301. The van der Waals surface area contributed by atoms with Gasteiger partial charge in [0, 0.05) is 6.38 Å². The van der Waals surface area contributed by atoms with E-state index in [0.717, 1.165) is 11.8 Å². The van der Waals surface area contributed by atoms with E-state index in [9.17, 15) is 0 Å². The molecule has 0 spiro atoms. The lowest BCUT2D eigenvalue weighted by Gasteiger charge is -2.22. The Morgan fingerprint density at radius 1 is 1.00 bits per heavy atom. The van der Waals surface area contributed by atoms with Crippen LogP contribution >= 0.6 is 11.6 Å². The van der Waals surface area contributed by atoms with Gasteiger partial charge in [-0.15, -0.1) is 11.6 Å². The van der Waals surface area contributed by atoms with Gasteiger partial charge in [0.15, 0.2) is 0 Å². The SMILES string of the molecule is CC1CCCC(C)C1.CCl. The van der Waals surface area contributed by atoms with Gasteiger partial charge in [-0.2, -0.15) is 0 Å². The van der Waals surface area contributed by atoms with Crippen LogP contribution in [-0.2, 0) is 0 Å². The van der Waals surface area contributed by atoms with E-state index >= 15 is 0 Å². The fourth-order valence-corrected chi connectivity index (χ4v) is 1.74. The molecule has 0 aromatic rings. The van der Waals surface area contributed by atoms with E-state index in [4.69, 9.17) is 0 Å². The summed E-state index contributed by atoms with van der Waals surface area (Å²) in [5.74, 6) is 2.03. The van der Waals surface area contributed by atoms with Crippen LogP contribution in [0, 0.1) is 11.8 Å². The molecule has 1 fully saturated rings. The van der Waals surface area contributed by atoms with Crippen molar-refractivity contribution in [2.45, 2.75) is 39.5 Å². The van der Waals surface area contributed by atoms with Crippen LogP contribution in [-0.4, -0.2) is 6.38 Å². The molecule has 2 atom stereocenters. The fourth-order valence-electron chi connectivity index (χ4n) is 1.74. The Hall–Kier alpha value is 0.290. The minimum Gasteiger partial charge on any atom is -0.130 e. The molecule has 0 nitrogen and oxygen atoms in total. The van der Waals surface area contributed by atoms with Crippen LogP contribution in [0.25, 0.3) is 0 Å². The van der Waals surface area contributed by atoms with Crippen molar-refractivity contribution in [1.29, 1.82) is 0 Å². The molecule has 0 radical (unpaired) electrons. The third kappa shape index (κ3) is 4.16. The van der Waals surface area contributed by atoms with Crippen LogP contribution in [0.15, 0.2) is 0 Å². The smallest absolute Gasteiger partial charge is 0.0108 e. The van der Waals surface area contributed by atoms with Gasteiger partial charge in [0.2, 0.25) is 0 Å². The highest BCUT2D eigenvalue weighted by Gasteiger charge is 2.13. The minimum atomic E-state index is 1.01. The molecule has 0 amide bonds.